The van der Waals surface area contributed by atoms with Crippen molar-refractivity contribution in [1.29, 1.82) is 0 Å². The van der Waals surface area contributed by atoms with E-state index in [9.17, 15) is 0 Å². The SMILES string of the molecule is CNC(c1ccc(CC(C)C)cc1)c1cccc(N)c1. The van der Waals surface area contributed by atoms with Crippen LogP contribution >= 0.6 is 0 Å². The Morgan fingerprint density at radius 1 is 1.00 bits per heavy atom. The molecule has 2 aromatic rings. The van der Waals surface area contributed by atoms with Crippen LogP contribution in [0.5, 0.6) is 0 Å². The number of anilines is 1. The Balaban J connectivity index is 2.23. The molecule has 3 N–H and O–H groups in total. The Morgan fingerprint density at radius 2 is 1.70 bits per heavy atom. The van der Waals surface area contributed by atoms with Crippen LogP contribution in [0, 0.1) is 5.92 Å². The fraction of sp³-hybridized carbons (Fsp3) is 0.333. The minimum atomic E-state index is 0.187. The van der Waals surface area contributed by atoms with E-state index >= 15 is 0 Å². The summed E-state index contributed by atoms with van der Waals surface area (Å²) in [5.74, 6) is 0.690. The van der Waals surface area contributed by atoms with Gasteiger partial charge in [0.15, 0.2) is 0 Å². The quantitative estimate of drug-likeness (QED) is 0.810. The minimum Gasteiger partial charge on any atom is -0.399 e. The summed E-state index contributed by atoms with van der Waals surface area (Å²) in [5.41, 5.74) is 10.5. The third-order valence-corrected chi connectivity index (χ3v) is 3.49. The second-order valence-corrected chi connectivity index (χ2v) is 5.73. The highest BCUT2D eigenvalue weighted by atomic mass is 14.9. The van der Waals surface area contributed by atoms with Crippen LogP contribution in [0.15, 0.2) is 48.5 Å². The van der Waals surface area contributed by atoms with Crippen molar-refractivity contribution >= 4 is 5.69 Å². The average Bonchev–Trinajstić information content (AvgIpc) is 2.41. The molecule has 20 heavy (non-hydrogen) atoms. The zero-order chi connectivity index (χ0) is 14.5. The maximum Gasteiger partial charge on any atom is 0.0575 e. The first kappa shape index (κ1) is 14.6. The molecular weight excluding hydrogens is 244 g/mol. The van der Waals surface area contributed by atoms with Crippen molar-refractivity contribution in [2.45, 2.75) is 26.3 Å². The van der Waals surface area contributed by atoms with E-state index in [4.69, 9.17) is 5.73 Å². The van der Waals surface area contributed by atoms with Crippen LogP contribution in [-0.4, -0.2) is 7.05 Å². The van der Waals surface area contributed by atoms with Gasteiger partial charge < -0.3 is 11.1 Å². The number of rotatable bonds is 5. The van der Waals surface area contributed by atoms with Gasteiger partial charge in [-0.15, -0.1) is 0 Å². The van der Waals surface area contributed by atoms with Crippen LogP contribution in [0.1, 0.15) is 36.6 Å². The molecule has 2 heteroatoms. The summed E-state index contributed by atoms with van der Waals surface area (Å²) in [6, 6.07) is 17.1. The molecule has 1 unspecified atom stereocenters. The Morgan fingerprint density at radius 3 is 2.25 bits per heavy atom. The third kappa shape index (κ3) is 3.61. The third-order valence-electron chi connectivity index (χ3n) is 3.49. The van der Waals surface area contributed by atoms with E-state index in [-0.39, 0.29) is 6.04 Å². The molecule has 0 saturated heterocycles. The number of nitrogens with one attached hydrogen (secondary N) is 1. The maximum absolute atomic E-state index is 5.88. The Bertz CT molecular complexity index is 544. The van der Waals surface area contributed by atoms with E-state index in [0.29, 0.717) is 5.92 Å². The van der Waals surface area contributed by atoms with Gasteiger partial charge in [0.1, 0.15) is 0 Å². The van der Waals surface area contributed by atoms with Gasteiger partial charge in [0.25, 0.3) is 0 Å². The molecule has 2 aromatic carbocycles. The molecule has 0 aromatic heterocycles. The van der Waals surface area contributed by atoms with Crippen LogP contribution in [0.4, 0.5) is 5.69 Å². The summed E-state index contributed by atoms with van der Waals surface area (Å²) >= 11 is 0. The van der Waals surface area contributed by atoms with Crippen molar-refractivity contribution in [3.8, 4) is 0 Å². The van der Waals surface area contributed by atoms with Crippen LogP contribution < -0.4 is 11.1 Å². The number of hydrogen-bond donors (Lipinski definition) is 2. The van der Waals surface area contributed by atoms with Crippen molar-refractivity contribution in [3.05, 3.63) is 65.2 Å². The molecule has 106 valence electrons. The van der Waals surface area contributed by atoms with E-state index in [2.05, 4.69) is 49.5 Å². The summed E-state index contributed by atoms with van der Waals surface area (Å²) in [5, 5.41) is 3.37. The lowest BCUT2D eigenvalue weighted by atomic mass is 9.95. The molecule has 0 aliphatic carbocycles. The molecular formula is C18H24N2. The van der Waals surface area contributed by atoms with Gasteiger partial charge in [-0.1, -0.05) is 50.2 Å². The van der Waals surface area contributed by atoms with Gasteiger partial charge in [-0.3, -0.25) is 0 Å². The second kappa shape index (κ2) is 6.58. The van der Waals surface area contributed by atoms with Crippen LogP contribution in [0.25, 0.3) is 0 Å². The molecule has 0 aliphatic heterocycles. The molecule has 0 radical (unpaired) electrons. The van der Waals surface area contributed by atoms with Gasteiger partial charge in [-0.25, -0.2) is 0 Å². The lowest BCUT2D eigenvalue weighted by Crippen LogP contribution is -2.17. The predicted octanol–water partition coefficient (Wildman–Crippen LogP) is 3.78. The fourth-order valence-corrected chi connectivity index (χ4v) is 2.58. The Kier molecular flexibility index (Phi) is 4.80. The molecule has 0 spiro atoms. The van der Waals surface area contributed by atoms with Crippen molar-refractivity contribution in [2.24, 2.45) is 5.92 Å². The van der Waals surface area contributed by atoms with Gasteiger partial charge in [0.2, 0.25) is 0 Å². The number of nitrogen functional groups attached to an aromatic ring is 1. The highest BCUT2D eigenvalue weighted by molar-refractivity contribution is 5.44. The fourth-order valence-electron chi connectivity index (χ4n) is 2.58. The molecule has 1 atom stereocenters. The van der Waals surface area contributed by atoms with Crippen LogP contribution in [0.3, 0.4) is 0 Å². The topological polar surface area (TPSA) is 38.0 Å². The lowest BCUT2D eigenvalue weighted by Gasteiger charge is -2.18. The monoisotopic (exact) mass is 268 g/mol. The first-order valence-electron chi connectivity index (χ1n) is 7.21. The van der Waals surface area contributed by atoms with E-state index in [0.717, 1.165) is 12.1 Å². The highest BCUT2D eigenvalue weighted by Gasteiger charge is 2.12. The first-order chi connectivity index (χ1) is 9.60. The zero-order valence-corrected chi connectivity index (χ0v) is 12.6. The summed E-state index contributed by atoms with van der Waals surface area (Å²) in [7, 11) is 1.98. The van der Waals surface area contributed by atoms with Gasteiger partial charge in [-0.05, 0) is 48.2 Å². The molecule has 0 heterocycles. The summed E-state index contributed by atoms with van der Waals surface area (Å²) in [6.07, 6.45) is 1.13. The molecule has 2 nitrogen and oxygen atoms in total. The molecule has 0 saturated carbocycles. The van der Waals surface area contributed by atoms with E-state index in [1.807, 2.05) is 25.2 Å². The highest BCUT2D eigenvalue weighted by Crippen LogP contribution is 2.24. The van der Waals surface area contributed by atoms with E-state index < -0.39 is 0 Å². The Hall–Kier alpha value is -1.80. The van der Waals surface area contributed by atoms with Crippen molar-refractivity contribution in [2.75, 3.05) is 12.8 Å². The van der Waals surface area contributed by atoms with Crippen molar-refractivity contribution < 1.29 is 0 Å². The van der Waals surface area contributed by atoms with Crippen LogP contribution in [-0.2, 0) is 6.42 Å². The molecule has 0 amide bonds. The number of nitrogens with two attached hydrogens (primary N) is 1. The number of hydrogen-bond acceptors (Lipinski definition) is 2. The normalized spacial score (nSPS) is 12.6. The minimum absolute atomic E-state index is 0.187. The second-order valence-electron chi connectivity index (χ2n) is 5.73. The summed E-state index contributed by atoms with van der Waals surface area (Å²) < 4.78 is 0. The largest absolute Gasteiger partial charge is 0.399 e. The molecule has 0 fully saturated rings. The zero-order valence-electron chi connectivity index (χ0n) is 12.6. The first-order valence-corrected chi connectivity index (χ1v) is 7.21. The van der Waals surface area contributed by atoms with Crippen LogP contribution in [0.2, 0.25) is 0 Å². The van der Waals surface area contributed by atoms with E-state index in [1.54, 1.807) is 0 Å². The average molecular weight is 268 g/mol. The molecule has 0 aliphatic rings. The van der Waals surface area contributed by atoms with Gasteiger partial charge in [-0.2, -0.15) is 0 Å². The van der Waals surface area contributed by atoms with Gasteiger partial charge in [0.05, 0.1) is 6.04 Å². The van der Waals surface area contributed by atoms with Crippen molar-refractivity contribution in [1.82, 2.24) is 5.32 Å². The van der Waals surface area contributed by atoms with E-state index in [1.165, 1.54) is 16.7 Å². The summed E-state index contributed by atoms with van der Waals surface area (Å²) in [6.45, 7) is 4.49. The predicted molar refractivity (Wildman–Crippen MR) is 86.7 cm³/mol. The molecule has 2 rings (SSSR count). The maximum atomic E-state index is 5.88. The van der Waals surface area contributed by atoms with Crippen molar-refractivity contribution in [3.63, 3.8) is 0 Å². The van der Waals surface area contributed by atoms with Gasteiger partial charge >= 0.3 is 0 Å². The summed E-state index contributed by atoms with van der Waals surface area (Å²) in [4.78, 5) is 0. The standard InChI is InChI=1S/C18H24N2/c1-13(2)11-14-7-9-15(10-8-14)18(20-3)16-5-4-6-17(19)12-16/h4-10,12-13,18,20H,11,19H2,1-3H3. The lowest BCUT2D eigenvalue weighted by molar-refractivity contribution is 0.645. The molecule has 0 bridgehead atoms. The Labute approximate surface area is 122 Å². The number of benzene rings is 2. The van der Waals surface area contributed by atoms with Gasteiger partial charge in [0, 0.05) is 5.69 Å². The smallest absolute Gasteiger partial charge is 0.0575 e.